The molecule has 4 rings (SSSR count). The van der Waals surface area contributed by atoms with Gasteiger partial charge in [-0.15, -0.1) is 11.3 Å². The quantitative estimate of drug-likeness (QED) is 0.741. The van der Waals surface area contributed by atoms with E-state index < -0.39 is 0 Å². The summed E-state index contributed by atoms with van der Waals surface area (Å²) in [5.74, 6) is 0. The van der Waals surface area contributed by atoms with Crippen LogP contribution in [0.4, 0.5) is 0 Å². The molecule has 1 atom stereocenters. The van der Waals surface area contributed by atoms with E-state index in [-0.39, 0.29) is 6.04 Å². The fraction of sp³-hybridized carbons (Fsp3) is 0.222. The Morgan fingerprint density at radius 2 is 1.85 bits per heavy atom. The third-order valence-electron chi connectivity index (χ3n) is 4.43. The molecule has 1 aromatic heterocycles. The smallest absolute Gasteiger partial charge is 0.0654 e. The third kappa shape index (κ3) is 1.65. The van der Waals surface area contributed by atoms with Crippen molar-refractivity contribution in [1.29, 1.82) is 0 Å². The standard InChI is InChI=1S/C18H17NS/c1-11-9-10-20-18(11)17(19)15-8-7-13-6-5-12-3-2-4-14(15)16(12)13/h2-4,7-10,17H,5-6,19H2,1H3. The van der Waals surface area contributed by atoms with Crippen LogP contribution in [0.5, 0.6) is 0 Å². The van der Waals surface area contributed by atoms with E-state index in [0.29, 0.717) is 0 Å². The van der Waals surface area contributed by atoms with Crippen molar-refractivity contribution in [3.63, 3.8) is 0 Å². The lowest BCUT2D eigenvalue weighted by molar-refractivity contribution is 0.894. The summed E-state index contributed by atoms with van der Waals surface area (Å²) in [5.41, 5.74) is 12.1. The van der Waals surface area contributed by atoms with Crippen molar-refractivity contribution in [2.45, 2.75) is 25.8 Å². The lowest BCUT2D eigenvalue weighted by atomic mass is 9.94. The number of aryl methyl sites for hydroxylation is 3. The maximum atomic E-state index is 6.56. The van der Waals surface area contributed by atoms with E-state index >= 15 is 0 Å². The predicted molar refractivity (Wildman–Crippen MR) is 86.4 cm³/mol. The van der Waals surface area contributed by atoms with Gasteiger partial charge >= 0.3 is 0 Å². The zero-order valence-corrected chi connectivity index (χ0v) is 12.3. The summed E-state index contributed by atoms with van der Waals surface area (Å²) >= 11 is 1.76. The van der Waals surface area contributed by atoms with Crippen molar-refractivity contribution in [2.75, 3.05) is 0 Å². The molecule has 0 bridgehead atoms. The van der Waals surface area contributed by atoms with Gasteiger partial charge in [0.05, 0.1) is 6.04 Å². The Kier molecular flexibility index (Phi) is 2.69. The summed E-state index contributed by atoms with van der Waals surface area (Å²) < 4.78 is 0. The van der Waals surface area contributed by atoms with Gasteiger partial charge < -0.3 is 5.73 Å². The molecule has 1 nitrogen and oxygen atoms in total. The van der Waals surface area contributed by atoms with Gasteiger partial charge in [-0.1, -0.05) is 30.3 Å². The van der Waals surface area contributed by atoms with E-state index in [1.165, 1.54) is 50.7 Å². The molecule has 0 saturated heterocycles. The first-order chi connectivity index (χ1) is 9.75. The average Bonchev–Trinajstić information content (AvgIpc) is 3.07. The van der Waals surface area contributed by atoms with Crippen molar-refractivity contribution in [3.05, 3.63) is 68.9 Å². The molecular weight excluding hydrogens is 262 g/mol. The molecule has 1 heterocycles. The summed E-state index contributed by atoms with van der Waals surface area (Å²) in [7, 11) is 0. The van der Waals surface area contributed by atoms with E-state index in [1.54, 1.807) is 11.3 Å². The maximum absolute atomic E-state index is 6.56. The predicted octanol–water partition coefficient (Wildman–Crippen LogP) is 4.36. The van der Waals surface area contributed by atoms with E-state index in [9.17, 15) is 0 Å². The third-order valence-corrected chi connectivity index (χ3v) is 5.53. The molecule has 0 spiro atoms. The molecule has 1 aliphatic rings. The molecule has 0 saturated carbocycles. The molecule has 2 heteroatoms. The van der Waals surface area contributed by atoms with Gasteiger partial charge in [0, 0.05) is 4.88 Å². The molecular formula is C18H17NS. The number of hydrogen-bond donors (Lipinski definition) is 1. The van der Waals surface area contributed by atoms with Gasteiger partial charge in [-0.2, -0.15) is 0 Å². The number of rotatable bonds is 2. The molecule has 1 unspecified atom stereocenters. The molecule has 2 N–H and O–H groups in total. The van der Waals surface area contributed by atoms with Crippen LogP contribution in [-0.4, -0.2) is 0 Å². The first-order valence-corrected chi connectivity index (χ1v) is 7.96. The Labute approximate surface area is 123 Å². The Balaban J connectivity index is 1.96. The van der Waals surface area contributed by atoms with E-state index in [4.69, 9.17) is 5.73 Å². The molecule has 0 aliphatic heterocycles. The highest BCUT2D eigenvalue weighted by atomic mass is 32.1. The lowest BCUT2D eigenvalue weighted by Crippen LogP contribution is -2.12. The van der Waals surface area contributed by atoms with Crippen molar-refractivity contribution in [3.8, 4) is 0 Å². The highest BCUT2D eigenvalue weighted by molar-refractivity contribution is 7.10. The van der Waals surface area contributed by atoms with Crippen LogP contribution in [0, 0.1) is 6.92 Å². The normalized spacial score (nSPS) is 14.9. The van der Waals surface area contributed by atoms with Crippen molar-refractivity contribution < 1.29 is 0 Å². The molecule has 2 aromatic carbocycles. The minimum Gasteiger partial charge on any atom is -0.320 e. The minimum atomic E-state index is -0.0140. The second-order valence-corrected chi connectivity index (χ2v) is 6.55. The largest absolute Gasteiger partial charge is 0.320 e. The van der Waals surface area contributed by atoms with Crippen LogP contribution in [-0.2, 0) is 12.8 Å². The lowest BCUT2D eigenvalue weighted by Gasteiger charge is -2.16. The van der Waals surface area contributed by atoms with Crippen molar-refractivity contribution in [2.24, 2.45) is 5.73 Å². The molecule has 3 aromatic rings. The van der Waals surface area contributed by atoms with Gasteiger partial charge in [-0.05, 0) is 64.2 Å². The van der Waals surface area contributed by atoms with Crippen LogP contribution in [0.1, 0.15) is 33.2 Å². The van der Waals surface area contributed by atoms with Crippen LogP contribution >= 0.6 is 11.3 Å². The average molecular weight is 279 g/mol. The monoisotopic (exact) mass is 279 g/mol. The van der Waals surface area contributed by atoms with Gasteiger partial charge in [-0.25, -0.2) is 0 Å². The van der Waals surface area contributed by atoms with E-state index in [2.05, 4.69) is 48.7 Å². The van der Waals surface area contributed by atoms with Gasteiger partial charge in [-0.3, -0.25) is 0 Å². The van der Waals surface area contributed by atoms with Gasteiger partial charge in [0.2, 0.25) is 0 Å². The topological polar surface area (TPSA) is 26.0 Å². The Morgan fingerprint density at radius 3 is 2.60 bits per heavy atom. The first kappa shape index (κ1) is 12.1. The highest BCUT2D eigenvalue weighted by Crippen LogP contribution is 2.37. The van der Waals surface area contributed by atoms with Crippen LogP contribution < -0.4 is 5.73 Å². The Bertz CT molecular complexity index is 790. The molecule has 100 valence electrons. The Hall–Kier alpha value is -1.64. The van der Waals surface area contributed by atoms with Crippen LogP contribution in [0.15, 0.2) is 41.8 Å². The van der Waals surface area contributed by atoms with E-state index in [0.717, 1.165) is 0 Å². The fourth-order valence-corrected chi connectivity index (χ4v) is 4.33. The van der Waals surface area contributed by atoms with Crippen molar-refractivity contribution >= 4 is 22.1 Å². The van der Waals surface area contributed by atoms with Crippen molar-refractivity contribution in [1.82, 2.24) is 0 Å². The SMILES string of the molecule is Cc1ccsc1C(N)c1ccc2c3c(cccc13)CC2. The second-order valence-electron chi connectivity index (χ2n) is 5.60. The zero-order chi connectivity index (χ0) is 13.7. The number of nitrogens with two attached hydrogens (primary N) is 1. The fourth-order valence-electron chi connectivity index (χ4n) is 3.38. The first-order valence-electron chi connectivity index (χ1n) is 7.08. The van der Waals surface area contributed by atoms with Crippen LogP contribution in [0.3, 0.4) is 0 Å². The molecule has 20 heavy (non-hydrogen) atoms. The second kappa shape index (κ2) is 4.44. The minimum absolute atomic E-state index is 0.0140. The molecule has 0 amide bonds. The zero-order valence-electron chi connectivity index (χ0n) is 11.5. The number of hydrogen-bond acceptors (Lipinski definition) is 2. The summed E-state index contributed by atoms with van der Waals surface area (Å²) in [5, 5.41) is 4.93. The van der Waals surface area contributed by atoms with E-state index in [1.807, 2.05) is 0 Å². The summed E-state index contributed by atoms with van der Waals surface area (Å²) in [6.07, 6.45) is 2.34. The van der Waals surface area contributed by atoms with Crippen LogP contribution in [0.2, 0.25) is 0 Å². The van der Waals surface area contributed by atoms with Gasteiger partial charge in [0.15, 0.2) is 0 Å². The highest BCUT2D eigenvalue weighted by Gasteiger charge is 2.20. The van der Waals surface area contributed by atoms with Gasteiger partial charge in [0.1, 0.15) is 0 Å². The number of thiophene rings is 1. The molecule has 0 fully saturated rings. The Morgan fingerprint density at radius 1 is 1.05 bits per heavy atom. The molecule has 0 radical (unpaired) electrons. The summed E-state index contributed by atoms with van der Waals surface area (Å²) in [4.78, 5) is 1.28. The number of benzene rings is 2. The summed E-state index contributed by atoms with van der Waals surface area (Å²) in [6.45, 7) is 2.14. The van der Waals surface area contributed by atoms with Crippen LogP contribution in [0.25, 0.3) is 10.8 Å². The molecule has 1 aliphatic carbocycles. The van der Waals surface area contributed by atoms with Gasteiger partial charge in [0.25, 0.3) is 0 Å². The summed E-state index contributed by atoms with van der Waals surface area (Å²) in [6, 6.07) is 13.3. The maximum Gasteiger partial charge on any atom is 0.0654 e.